The van der Waals surface area contributed by atoms with E-state index in [-0.39, 0.29) is 5.91 Å². The summed E-state index contributed by atoms with van der Waals surface area (Å²) in [5.41, 5.74) is 6.76. The summed E-state index contributed by atoms with van der Waals surface area (Å²) in [7, 11) is 1.56. The largest absolute Gasteiger partial charge is 0.495 e. The lowest BCUT2D eigenvalue weighted by Crippen LogP contribution is -2.14. The fourth-order valence-electron chi connectivity index (χ4n) is 1.80. The van der Waals surface area contributed by atoms with Gasteiger partial charge in [0.05, 0.1) is 25.8 Å². The Morgan fingerprint density at radius 1 is 1.43 bits per heavy atom. The monoisotopic (exact) mass is 300 g/mol. The van der Waals surface area contributed by atoms with Crippen molar-refractivity contribution in [2.45, 2.75) is 6.42 Å². The number of carbonyl (C=O) groups is 1. The Labute approximate surface area is 127 Å². The maximum absolute atomic E-state index is 12.1. The molecule has 0 aliphatic carbocycles. The molecule has 0 radical (unpaired) electrons. The summed E-state index contributed by atoms with van der Waals surface area (Å²) in [5.74, 6) is 6.24. The molecule has 2 rings (SSSR count). The number of amides is 1. The number of carbonyl (C=O) groups excluding carboxylic acids is 1. The van der Waals surface area contributed by atoms with Crippen LogP contribution in [0.3, 0.4) is 0 Å². The van der Waals surface area contributed by atoms with E-state index in [2.05, 4.69) is 17.2 Å². The van der Waals surface area contributed by atoms with Gasteiger partial charge in [0.1, 0.15) is 5.75 Å². The van der Waals surface area contributed by atoms with E-state index in [9.17, 15) is 4.79 Å². The van der Waals surface area contributed by atoms with Crippen LogP contribution in [0.25, 0.3) is 0 Å². The van der Waals surface area contributed by atoms with Gasteiger partial charge in [0.2, 0.25) is 5.91 Å². The van der Waals surface area contributed by atoms with Gasteiger partial charge in [0, 0.05) is 10.4 Å². The second-order valence-corrected chi connectivity index (χ2v) is 5.26. The number of hydrogen-bond acceptors (Lipinski definition) is 4. The maximum Gasteiger partial charge on any atom is 0.229 e. The number of benzene rings is 1. The van der Waals surface area contributed by atoms with Gasteiger partial charge < -0.3 is 15.8 Å². The predicted octanol–water partition coefficient (Wildman–Crippen LogP) is 2.25. The van der Waals surface area contributed by atoms with Crippen LogP contribution in [0.2, 0.25) is 0 Å². The summed E-state index contributed by atoms with van der Waals surface area (Å²) in [6.07, 6.45) is 0.347. The summed E-state index contributed by atoms with van der Waals surface area (Å²) >= 11 is 1.56. The van der Waals surface area contributed by atoms with Crippen molar-refractivity contribution >= 4 is 22.9 Å². The average molecular weight is 300 g/mol. The molecule has 21 heavy (non-hydrogen) atoms. The van der Waals surface area contributed by atoms with Crippen LogP contribution in [0.15, 0.2) is 35.7 Å². The van der Waals surface area contributed by atoms with Crippen molar-refractivity contribution in [2.75, 3.05) is 19.0 Å². The molecule has 5 heteroatoms. The van der Waals surface area contributed by atoms with Gasteiger partial charge in [0.15, 0.2) is 0 Å². The molecule has 0 aliphatic rings. The Balaban J connectivity index is 2.14. The molecule has 0 aliphatic heterocycles. The zero-order valence-corrected chi connectivity index (χ0v) is 12.5. The molecule has 0 saturated carbocycles. The van der Waals surface area contributed by atoms with Crippen molar-refractivity contribution in [3.63, 3.8) is 0 Å². The fraction of sp³-hybridized carbons (Fsp3) is 0.188. The molecule has 4 nitrogen and oxygen atoms in total. The van der Waals surface area contributed by atoms with Gasteiger partial charge in [-0.2, -0.15) is 0 Å². The minimum atomic E-state index is -0.0836. The average Bonchev–Trinajstić information content (AvgIpc) is 2.98. The van der Waals surface area contributed by atoms with Crippen LogP contribution in [0.1, 0.15) is 10.4 Å². The first-order valence-corrected chi connectivity index (χ1v) is 7.30. The van der Waals surface area contributed by atoms with Gasteiger partial charge in [-0.05, 0) is 29.6 Å². The summed E-state index contributed by atoms with van der Waals surface area (Å²) in [5, 5.41) is 4.81. The highest BCUT2D eigenvalue weighted by molar-refractivity contribution is 7.10. The van der Waals surface area contributed by atoms with Crippen LogP contribution in [0, 0.1) is 11.8 Å². The molecule has 0 bridgehead atoms. The lowest BCUT2D eigenvalue weighted by molar-refractivity contribution is -0.115. The third kappa shape index (κ3) is 4.35. The minimum absolute atomic E-state index is 0.0836. The molecule has 0 spiro atoms. The summed E-state index contributed by atoms with van der Waals surface area (Å²) < 4.78 is 5.26. The van der Waals surface area contributed by atoms with E-state index in [0.29, 0.717) is 24.4 Å². The molecule has 1 aromatic heterocycles. The molecule has 0 unspecified atom stereocenters. The fourth-order valence-corrected chi connectivity index (χ4v) is 2.51. The molecule has 0 atom stereocenters. The standard InChI is InChI=1S/C16H16N2O2S/c1-20-15-7-6-12(4-2-8-17)10-14(15)18-16(19)11-13-5-3-9-21-13/h3,5-7,9-10H,8,11,17H2,1H3,(H,18,19). The van der Waals surface area contributed by atoms with Crippen molar-refractivity contribution in [1.82, 2.24) is 0 Å². The van der Waals surface area contributed by atoms with Gasteiger partial charge in [-0.15, -0.1) is 11.3 Å². The molecule has 1 amide bonds. The van der Waals surface area contributed by atoms with Crippen molar-refractivity contribution in [3.05, 3.63) is 46.2 Å². The highest BCUT2D eigenvalue weighted by Gasteiger charge is 2.09. The SMILES string of the molecule is COc1ccc(C#CCN)cc1NC(=O)Cc1cccs1. The van der Waals surface area contributed by atoms with Crippen LogP contribution in [0.4, 0.5) is 5.69 Å². The Bertz CT molecular complexity index is 669. The first-order chi connectivity index (χ1) is 10.2. The first kappa shape index (κ1) is 15.1. The first-order valence-electron chi connectivity index (χ1n) is 6.42. The molecular formula is C16H16N2O2S. The van der Waals surface area contributed by atoms with Gasteiger partial charge in [-0.1, -0.05) is 17.9 Å². The van der Waals surface area contributed by atoms with Gasteiger partial charge in [-0.25, -0.2) is 0 Å². The van der Waals surface area contributed by atoms with Gasteiger partial charge >= 0.3 is 0 Å². The number of ether oxygens (including phenoxy) is 1. The number of nitrogens with two attached hydrogens (primary N) is 1. The van der Waals surface area contributed by atoms with Crippen LogP contribution in [-0.4, -0.2) is 19.6 Å². The van der Waals surface area contributed by atoms with Crippen molar-refractivity contribution in [1.29, 1.82) is 0 Å². The Hall–Kier alpha value is -2.29. The molecule has 1 heterocycles. The van der Waals surface area contributed by atoms with Crippen LogP contribution >= 0.6 is 11.3 Å². The van der Waals surface area contributed by atoms with E-state index in [4.69, 9.17) is 10.5 Å². The van der Waals surface area contributed by atoms with Crippen molar-refractivity contribution in [3.8, 4) is 17.6 Å². The molecule has 108 valence electrons. The summed E-state index contributed by atoms with van der Waals surface area (Å²) in [6.45, 7) is 0.298. The van der Waals surface area contributed by atoms with Gasteiger partial charge in [-0.3, -0.25) is 4.79 Å². The Morgan fingerprint density at radius 3 is 2.95 bits per heavy atom. The second kappa shape index (κ2) is 7.48. The second-order valence-electron chi connectivity index (χ2n) is 4.23. The highest BCUT2D eigenvalue weighted by atomic mass is 32.1. The normalized spacial score (nSPS) is 9.62. The quantitative estimate of drug-likeness (QED) is 0.851. The third-order valence-electron chi connectivity index (χ3n) is 2.72. The van der Waals surface area contributed by atoms with Crippen molar-refractivity contribution < 1.29 is 9.53 Å². The van der Waals surface area contributed by atoms with E-state index >= 15 is 0 Å². The lowest BCUT2D eigenvalue weighted by atomic mass is 10.2. The summed E-state index contributed by atoms with van der Waals surface area (Å²) in [4.78, 5) is 13.1. The van der Waals surface area contributed by atoms with E-state index in [1.54, 1.807) is 30.6 Å². The highest BCUT2D eigenvalue weighted by Crippen LogP contribution is 2.25. The number of anilines is 1. The third-order valence-corrected chi connectivity index (χ3v) is 3.60. The predicted molar refractivity (Wildman–Crippen MR) is 85.6 cm³/mol. The number of methoxy groups -OCH3 is 1. The number of nitrogens with one attached hydrogen (secondary N) is 1. The molecule has 0 saturated heterocycles. The molecular weight excluding hydrogens is 284 g/mol. The number of thiophene rings is 1. The van der Waals surface area contributed by atoms with E-state index < -0.39 is 0 Å². The zero-order valence-electron chi connectivity index (χ0n) is 11.7. The van der Waals surface area contributed by atoms with Crippen LogP contribution in [0.5, 0.6) is 5.75 Å². The topological polar surface area (TPSA) is 64.3 Å². The van der Waals surface area contributed by atoms with E-state index in [0.717, 1.165) is 10.4 Å². The molecule has 2 aromatic rings. The number of hydrogen-bond donors (Lipinski definition) is 2. The molecule has 0 fully saturated rings. The Morgan fingerprint density at radius 2 is 2.29 bits per heavy atom. The molecule has 1 aromatic carbocycles. The smallest absolute Gasteiger partial charge is 0.229 e. The zero-order chi connectivity index (χ0) is 15.1. The van der Waals surface area contributed by atoms with Crippen LogP contribution < -0.4 is 15.8 Å². The van der Waals surface area contributed by atoms with E-state index in [1.807, 2.05) is 23.6 Å². The lowest BCUT2D eigenvalue weighted by Gasteiger charge is -2.10. The number of rotatable bonds is 4. The van der Waals surface area contributed by atoms with E-state index in [1.165, 1.54) is 0 Å². The van der Waals surface area contributed by atoms with Crippen LogP contribution in [-0.2, 0) is 11.2 Å². The molecule has 3 N–H and O–H groups in total. The minimum Gasteiger partial charge on any atom is -0.495 e. The maximum atomic E-state index is 12.1. The van der Waals surface area contributed by atoms with Gasteiger partial charge in [0.25, 0.3) is 0 Å². The Kier molecular flexibility index (Phi) is 5.38. The summed E-state index contributed by atoms with van der Waals surface area (Å²) in [6, 6.07) is 9.26. The van der Waals surface area contributed by atoms with Crippen molar-refractivity contribution in [2.24, 2.45) is 5.73 Å².